The van der Waals surface area contributed by atoms with Gasteiger partial charge in [-0.15, -0.1) is 0 Å². The maximum atomic E-state index is 12.9. The fourth-order valence-electron chi connectivity index (χ4n) is 4.48. The Morgan fingerprint density at radius 3 is 2.79 bits per heavy atom. The quantitative estimate of drug-likeness (QED) is 0.787. The number of fused-ring (bicyclic) bond motifs is 1. The third-order valence-corrected chi connectivity index (χ3v) is 6.56. The maximum Gasteiger partial charge on any atom is 0.231 e. The molecule has 3 heterocycles. The summed E-state index contributed by atoms with van der Waals surface area (Å²) in [6.07, 6.45) is 3.46. The number of hydrogen-bond donors (Lipinski definition) is 0. The van der Waals surface area contributed by atoms with E-state index in [9.17, 15) is 9.59 Å². The van der Waals surface area contributed by atoms with Gasteiger partial charge in [-0.3, -0.25) is 14.5 Å². The third kappa shape index (κ3) is 3.68. The van der Waals surface area contributed by atoms with Gasteiger partial charge in [-0.2, -0.15) is 0 Å². The van der Waals surface area contributed by atoms with Crippen LogP contribution in [0.1, 0.15) is 31.2 Å². The first-order valence-electron chi connectivity index (χ1n) is 10.1. The molecule has 28 heavy (non-hydrogen) atoms. The van der Waals surface area contributed by atoms with E-state index >= 15 is 0 Å². The number of likely N-dealkylation sites (tertiary alicyclic amines) is 1. The molecule has 0 aromatic heterocycles. The predicted octanol–water partition coefficient (Wildman–Crippen LogP) is 1.50. The van der Waals surface area contributed by atoms with E-state index in [2.05, 4.69) is 11.9 Å². The first kappa shape index (κ1) is 19.1. The molecule has 1 spiro atoms. The van der Waals surface area contributed by atoms with Crippen molar-refractivity contribution in [3.05, 3.63) is 23.8 Å². The van der Waals surface area contributed by atoms with Crippen molar-refractivity contribution >= 4 is 11.8 Å². The van der Waals surface area contributed by atoms with E-state index in [0.717, 1.165) is 49.5 Å². The molecule has 0 radical (unpaired) electrons. The lowest BCUT2D eigenvalue weighted by molar-refractivity contribution is -0.136. The molecule has 7 heteroatoms. The van der Waals surface area contributed by atoms with Gasteiger partial charge in [0.1, 0.15) is 0 Å². The fourth-order valence-corrected chi connectivity index (χ4v) is 4.48. The van der Waals surface area contributed by atoms with Crippen LogP contribution in [0.4, 0.5) is 0 Å². The van der Waals surface area contributed by atoms with Gasteiger partial charge in [0.05, 0.1) is 0 Å². The maximum absolute atomic E-state index is 12.9. The molecular formula is C21H29N3O4. The highest BCUT2D eigenvalue weighted by molar-refractivity contribution is 5.77. The van der Waals surface area contributed by atoms with Crippen LogP contribution < -0.4 is 9.47 Å². The number of aryl methyl sites for hydroxylation is 1. The second-order valence-electron chi connectivity index (χ2n) is 8.21. The van der Waals surface area contributed by atoms with Gasteiger partial charge in [0.25, 0.3) is 0 Å². The highest BCUT2D eigenvalue weighted by Crippen LogP contribution is 2.34. The summed E-state index contributed by atoms with van der Waals surface area (Å²) < 4.78 is 10.8. The summed E-state index contributed by atoms with van der Waals surface area (Å²) in [6, 6.07) is 5.87. The largest absolute Gasteiger partial charge is 0.454 e. The lowest BCUT2D eigenvalue weighted by Gasteiger charge is -2.49. The summed E-state index contributed by atoms with van der Waals surface area (Å²) in [5, 5.41) is 0. The molecule has 1 atom stereocenters. The number of likely N-dealkylation sites (N-methyl/N-ethyl adjacent to an activating group) is 1. The summed E-state index contributed by atoms with van der Waals surface area (Å²) in [5.74, 6) is 1.92. The van der Waals surface area contributed by atoms with Gasteiger partial charge in [0.2, 0.25) is 18.6 Å². The number of carbonyl (C=O) groups excluding carboxylic acids is 2. The number of rotatable bonds is 3. The van der Waals surface area contributed by atoms with Gasteiger partial charge < -0.3 is 19.3 Å². The molecule has 0 N–H and O–H groups in total. The molecule has 4 rings (SSSR count). The second-order valence-corrected chi connectivity index (χ2v) is 8.21. The first-order chi connectivity index (χ1) is 13.5. The molecule has 152 valence electrons. The van der Waals surface area contributed by atoms with Gasteiger partial charge in [-0.1, -0.05) is 6.07 Å². The SMILES string of the molecule is CN1CCC2(CCC1=O)CN(C(=O)CCc1ccc3c(c1)OCO3)CCN2C. The Morgan fingerprint density at radius 2 is 1.93 bits per heavy atom. The van der Waals surface area contributed by atoms with Crippen molar-refractivity contribution in [1.82, 2.24) is 14.7 Å². The van der Waals surface area contributed by atoms with Crippen LogP contribution in [-0.4, -0.2) is 79.1 Å². The molecule has 0 bridgehead atoms. The van der Waals surface area contributed by atoms with Crippen LogP contribution in [0.5, 0.6) is 11.5 Å². The molecular weight excluding hydrogens is 358 g/mol. The van der Waals surface area contributed by atoms with E-state index in [1.54, 1.807) is 0 Å². The van der Waals surface area contributed by atoms with Gasteiger partial charge in [-0.25, -0.2) is 0 Å². The normalized spacial score (nSPS) is 25.3. The summed E-state index contributed by atoms with van der Waals surface area (Å²) in [4.78, 5) is 31.2. The molecule has 2 fully saturated rings. The molecule has 1 aromatic carbocycles. The van der Waals surface area contributed by atoms with Crippen LogP contribution in [-0.2, 0) is 16.0 Å². The number of amides is 2. The summed E-state index contributed by atoms with van der Waals surface area (Å²) in [6.45, 7) is 3.33. The van der Waals surface area contributed by atoms with E-state index in [4.69, 9.17) is 9.47 Å². The number of piperazine rings is 1. The average Bonchev–Trinajstić information content (AvgIpc) is 3.12. The highest BCUT2D eigenvalue weighted by Gasteiger charge is 2.42. The number of hydrogen-bond acceptors (Lipinski definition) is 5. The summed E-state index contributed by atoms with van der Waals surface area (Å²) in [7, 11) is 4.00. The minimum atomic E-state index is -0.0902. The lowest BCUT2D eigenvalue weighted by atomic mass is 9.86. The van der Waals surface area contributed by atoms with Gasteiger partial charge >= 0.3 is 0 Å². The van der Waals surface area contributed by atoms with E-state index in [1.807, 2.05) is 35.0 Å². The Labute approximate surface area is 166 Å². The highest BCUT2D eigenvalue weighted by atomic mass is 16.7. The van der Waals surface area contributed by atoms with Crippen molar-refractivity contribution in [2.24, 2.45) is 0 Å². The molecule has 1 aromatic rings. The van der Waals surface area contributed by atoms with Crippen molar-refractivity contribution in [2.75, 3.05) is 47.1 Å². The number of carbonyl (C=O) groups is 2. The zero-order chi connectivity index (χ0) is 19.7. The molecule has 2 amide bonds. The van der Waals surface area contributed by atoms with Crippen molar-refractivity contribution in [1.29, 1.82) is 0 Å². The molecule has 0 saturated carbocycles. The first-order valence-corrected chi connectivity index (χ1v) is 10.1. The Hall–Kier alpha value is -2.28. The van der Waals surface area contributed by atoms with E-state index in [0.29, 0.717) is 25.8 Å². The average molecular weight is 387 g/mol. The standard InChI is InChI=1S/C21H29N3O4/c1-22-10-9-21(8-7-19(22)25)14-24(12-11-23(21)2)20(26)6-4-16-3-5-17-18(13-16)28-15-27-17/h3,5,13H,4,6-12,14-15H2,1-2H3. The number of nitrogens with zero attached hydrogens (tertiary/aromatic N) is 3. The van der Waals surface area contributed by atoms with Crippen LogP contribution >= 0.6 is 0 Å². The van der Waals surface area contributed by atoms with Crippen molar-refractivity contribution in [2.45, 2.75) is 37.6 Å². The minimum absolute atomic E-state index is 0.0902. The minimum Gasteiger partial charge on any atom is -0.454 e. The van der Waals surface area contributed by atoms with Crippen LogP contribution in [0.15, 0.2) is 18.2 Å². The zero-order valence-electron chi connectivity index (χ0n) is 16.8. The molecule has 2 saturated heterocycles. The molecule has 3 aliphatic rings. The monoisotopic (exact) mass is 387 g/mol. The molecule has 1 unspecified atom stereocenters. The fraction of sp³-hybridized carbons (Fsp3) is 0.619. The molecule has 0 aliphatic carbocycles. The van der Waals surface area contributed by atoms with E-state index in [1.165, 1.54) is 0 Å². The van der Waals surface area contributed by atoms with Crippen LogP contribution in [0, 0.1) is 0 Å². The second kappa shape index (κ2) is 7.62. The smallest absolute Gasteiger partial charge is 0.231 e. The lowest BCUT2D eigenvalue weighted by Crippen LogP contribution is -2.62. The number of benzene rings is 1. The van der Waals surface area contributed by atoms with E-state index < -0.39 is 0 Å². The molecule has 3 aliphatic heterocycles. The van der Waals surface area contributed by atoms with Crippen molar-refractivity contribution < 1.29 is 19.1 Å². The zero-order valence-corrected chi connectivity index (χ0v) is 16.8. The Kier molecular flexibility index (Phi) is 5.19. The summed E-state index contributed by atoms with van der Waals surface area (Å²) in [5.41, 5.74) is 0.996. The Morgan fingerprint density at radius 1 is 1.11 bits per heavy atom. The van der Waals surface area contributed by atoms with Crippen molar-refractivity contribution in [3.63, 3.8) is 0 Å². The Bertz CT molecular complexity index is 768. The van der Waals surface area contributed by atoms with Gasteiger partial charge in [-0.05, 0) is 44.0 Å². The molecule has 7 nitrogen and oxygen atoms in total. The number of ether oxygens (including phenoxy) is 2. The summed E-state index contributed by atoms with van der Waals surface area (Å²) >= 11 is 0. The van der Waals surface area contributed by atoms with Crippen LogP contribution in [0.3, 0.4) is 0 Å². The van der Waals surface area contributed by atoms with Crippen LogP contribution in [0.2, 0.25) is 0 Å². The van der Waals surface area contributed by atoms with Gasteiger partial charge in [0, 0.05) is 51.6 Å². The Balaban J connectivity index is 1.38. The predicted molar refractivity (Wildman–Crippen MR) is 104 cm³/mol. The topological polar surface area (TPSA) is 62.3 Å². The van der Waals surface area contributed by atoms with Gasteiger partial charge in [0.15, 0.2) is 11.5 Å². The third-order valence-electron chi connectivity index (χ3n) is 6.56. The van der Waals surface area contributed by atoms with E-state index in [-0.39, 0.29) is 24.1 Å². The van der Waals surface area contributed by atoms with Crippen molar-refractivity contribution in [3.8, 4) is 11.5 Å². The van der Waals surface area contributed by atoms with Crippen LogP contribution in [0.25, 0.3) is 0 Å².